The van der Waals surface area contributed by atoms with Crippen LogP contribution in [0, 0.1) is 22.7 Å². The van der Waals surface area contributed by atoms with E-state index in [1.54, 1.807) is 6.07 Å². The number of nitriles is 2. The van der Waals surface area contributed by atoms with Gasteiger partial charge < -0.3 is 9.73 Å². The molecule has 0 aliphatic heterocycles. The minimum absolute atomic E-state index is 0.0935. The fourth-order valence-corrected chi connectivity index (χ4v) is 4.51. The lowest BCUT2D eigenvalue weighted by molar-refractivity contribution is -0.112. The first-order valence-electron chi connectivity index (χ1n) is 7.46. The van der Waals surface area contributed by atoms with Crippen molar-refractivity contribution >= 4 is 60.2 Å². The van der Waals surface area contributed by atoms with Gasteiger partial charge in [-0.2, -0.15) is 10.5 Å². The molecular weight excluding hydrogens is 470 g/mol. The molecule has 5 nitrogen and oxygen atoms in total. The Bertz CT molecular complexity index is 940. The molecule has 8 heteroatoms. The number of rotatable bonds is 3. The van der Waals surface area contributed by atoms with E-state index in [9.17, 15) is 15.3 Å². The molecule has 0 aromatic carbocycles. The summed E-state index contributed by atoms with van der Waals surface area (Å²) in [7, 11) is 0. The molecule has 3 rings (SSSR count). The monoisotopic (exact) mass is 479 g/mol. The van der Waals surface area contributed by atoms with Gasteiger partial charge >= 0.3 is 0 Å². The van der Waals surface area contributed by atoms with Gasteiger partial charge in [-0.25, -0.2) is 0 Å². The minimum atomic E-state index is -0.554. The first kappa shape index (κ1) is 17.9. The van der Waals surface area contributed by atoms with Crippen LogP contribution in [0.1, 0.15) is 34.6 Å². The van der Waals surface area contributed by atoms with Gasteiger partial charge in [-0.3, -0.25) is 4.79 Å². The summed E-state index contributed by atoms with van der Waals surface area (Å²) in [5.41, 5.74) is 1.47. The van der Waals surface area contributed by atoms with Crippen LogP contribution < -0.4 is 5.32 Å². The number of hydrogen-bond donors (Lipinski definition) is 1. The Labute approximate surface area is 165 Å². The standard InChI is InChI=1S/C17H11Br2N3O2S/c18-13-6-10(24-15(13)19)5-9(7-20)16(23)22-17-12(8-21)11-3-1-2-4-14(11)25-17/h5-6H,1-4H2,(H,22,23)/b9-5+. The normalized spacial score (nSPS) is 13.7. The van der Waals surface area contributed by atoms with Crippen LogP contribution in [0.15, 0.2) is 25.2 Å². The van der Waals surface area contributed by atoms with Crippen LogP contribution in [-0.4, -0.2) is 5.91 Å². The van der Waals surface area contributed by atoms with E-state index in [4.69, 9.17) is 4.42 Å². The van der Waals surface area contributed by atoms with Crippen molar-refractivity contribution in [2.45, 2.75) is 25.7 Å². The molecular formula is C17H11Br2N3O2S. The number of anilines is 1. The Balaban J connectivity index is 1.87. The summed E-state index contributed by atoms with van der Waals surface area (Å²) >= 11 is 7.92. The number of hydrogen-bond acceptors (Lipinski definition) is 5. The molecule has 0 radical (unpaired) electrons. The van der Waals surface area contributed by atoms with E-state index >= 15 is 0 Å². The van der Waals surface area contributed by atoms with Gasteiger partial charge in [0.2, 0.25) is 0 Å². The van der Waals surface area contributed by atoms with Crippen molar-refractivity contribution in [3.63, 3.8) is 0 Å². The first-order valence-corrected chi connectivity index (χ1v) is 9.86. The lowest BCUT2D eigenvalue weighted by Crippen LogP contribution is -2.13. The van der Waals surface area contributed by atoms with E-state index in [-0.39, 0.29) is 5.57 Å². The van der Waals surface area contributed by atoms with Crippen molar-refractivity contribution < 1.29 is 9.21 Å². The van der Waals surface area contributed by atoms with E-state index in [1.807, 2.05) is 6.07 Å². The lowest BCUT2D eigenvalue weighted by Gasteiger charge is -2.09. The van der Waals surface area contributed by atoms with Crippen molar-refractivity contribution in [2.24, 2.45) is 0 Å². The number of amides is 1. The van der Waals surface area contributed by atoms with Gasteiger partial charge in [0.1, 0.15) is 28.5 Å². The predicted octanol–water partition coefficient (Wildman–Crippen LogP) is 5.16. The zero-order valence-corrected chi connectivity index (χ0v) is 16.8. The molecule has 0 atom stereocenters. The van der Waals surface area contributed by atoms with E-state index in [2.05, 4.69) is 43.2 Å². The fourth-order valence-electron chi connectivity index (χ4n) is 2.67. The van der Waals surface area contributed by atoms with Crippen molar-refractivity contribution in [1.82, 2.24) is 0 Å². The highest BCUT2D eigenvalue weighted by Gasteiger charge is 2.22. The minimum Gasteiger partial charge on any atom is -0.449 e. The number of carbonyl (C=O) groups is 1. The van der Waals surface area contributed by atoms with Crippen LogP contribution in [0.2, 0.25) is 0 Å². The molecule has 1 aliphatic rings. The summed E-state index contributed by atoms with van der Waals surface area (Å²) in [6.45, 7) is 0. The number of furan rings is 1. The van der Waals surface area contributed by atoms with Gasteiger partial charge in [0.15, 0.2) is 4.67 Å². The highest BCUT2D eigenvalue weighted by molar-refractivity contribution is 9.13. The average Bonchev–Trinajstić information content (AvgIpc) is 3.11. The maximum atomic E-state index is 12.5. The van der Waals surface area contributed by atoms with Gasteiger partial charge in [0, 0.05) is 11.0 Å². The van der Waals surface area contributed by atoms with E-state index in [0.29, 0.717) is 25.5 Å². The second kappa shape index (κ2) is 7.57. The van der Waals surface area contributed by atoms with E-state index < -0.39 is 5.91 Å². The number of aryl methyl sites for hydroxylation is 1. The third-order valence-corrected chi connectivity index (χ3v) is 6.74. The molecule has 0 unspecified atom stereocenters. The molecule has 0 bridgehead atoms. The van der Waals surface area contributed by atoms with E-state index in [0.717, 1.165) is 36.1 Å². The second-order valence-corrected chi connectivity index (χ2v) is 8.10. The predicted molar refractivity (Wildman–Crippen MR) is 102 cm³/mol. The Morgan fingerprint density at radius 1 is 1.32 bits per heavy atom. The van der Waals surface area contributed by atoms with Gasteiger partial charge in [-0.15, -0.1) is 11.3 Å². The Morgan fingerprint density at radius 2 is 2.08 bits per heavy atom. The van der Waals surface area contributed by atoms with Crippen LogP contribution in [-0.2, 0) is 17.6 Å². The molecule has 25 heavy (non-hydrogen) atoms. The molecule has 0 spiro atoms. The molecule has 0 saturated heterocycles. The summed E-state index contributed by atoms with van der Waals surface area (Å²) in [4.78, 5) is 13.6. The van der Waals surface area contributed by atoms with Crippen LogP contribution in [0.25, 0.3) is 6.08 Å². The third kappa shape index (κ3) is 3.72. The summed E-state index contributed by atoms with van der Waals surface area (Å²) in [6, 6.07) is 5.72. The number of nitrogens with zero attached hydrogens (tertiary/aromatic N) is 2. The smallest absolute Gasteiger partial charge is 0.267 e. The SMILES string of the molecule is N#C/C(=C\c1cc(Br)c(Br)o1)C(=O)Nc1sc2c(c1C#N)CCCC2. The lowest BCUT2D eigenvalue weighted by atomic mass is 9.96. The number of halogens is 2. The first-order chi connectivity index (χ1) is 12.0. The van der Waals surface area contributed by atoms with Crippen LogP contribution in [0.5, 0.6) is 0 Å². The second-order valence-electron chi connectivity index (χ2n) is 5.42. The van der Waals surface area contributed by atoms with Crippen molar-refractivity contribution in [2.75, 3.05) is 5.32 Å². The maximum absolute atomic E-state index is 12.5. The molecule has 2 aromatic heterocycles. The zero-order chi connectivity index (χ0) is 18.0. The molecule has 0 fully saturated rings. The maximum Gasteiger partial charge on any atom is 0.267 e. The van der Waals surface area contributed by atoms with Gasteiger partial charge in [-0.05, 0) is 69.2 Å². The average molecular weight is 481 g/mol. The molecule has 2 aromatic rings. The molecule has 126 valence electrons. The largest absolute Gasteiger partial charge is 0.449 e. The molecule has 1 amide bonds. The van der Waals surface area contributed by atoms with Crippen molar-refractivity contribution in [3.8, 4) is 12.1 Å². The number of nitrogens with one attached hydrogen (secondary N) is 1. The zero-order valence-electron chi connectivity index (χ0n) is 12.9. The van der Waals surface area contributed by atoms with Gasteiger partial charge in [0.25, 0.3) is 5.91 Å². The number of thiophene rings is 1. The van der Waals surface area contributed by atoms with Crippen LogP contribution in [0.4, 0.5) is 5.00 Å². The van der Waals surface area contributed by atoms with Gasteiger partial charge in [0.05, 0.1) is 10.0 Å². The Morgan fingerprint density at radius 3 is 2.72 bits per heavy atom. The number of fused-ring (bicyclic) bond motifs is 1. The van der Waals surface area contributed by atoms with Crippen LogP contribution >= 0.6 is 43.2 Å². The topological polar surface area (TPSA) is 89.8 Å². The molecule has 1 aliphatic carbocycles. The molecule has 1 N–H and O–H groups in total. The number of carbonyl (C=O) groups excluding carboxylic acids is 1. The summed E-state index contributed by atoms with van der Waals surface area (Å²) in [6.07, 6.45) is 5.30. The summed E-state index contributed by atoms with van der Waals surface area (Å²) < 4.78 is 6.54. The van der Waals surface area contributed by atoms with E-state index in [1.165, 1.54) is 17.4 Å². The quantitative estimate of drug-likeness (QED) is 0.485. The fraction of sp³-hybridized carbons (Fsp3) is 0.235. The summed E-state index contributed by atoms with van der Waals surface area (Å²) in [5.74, 6) is -0.183. The van der Waals surface area contributed by atoms with Gasteiger partial charge in [-0.1, -0.05) is 0 Å². The highest BCUT2D eigenvalue weighted by Crippen LogP contribution is 2.37. The Hall–Kier alpha value is -1.87. The molecule has 2 heterocycles. The highest BCUT2D eigenvalue weighted by atomic mass is 79.9. The van der Waals surface area contributed by atoms with Crippen molar-refractivity contribution in [1.29, 1.82) is 10.5 Å². The third-order valence-electron chi connectivity index (χ3n) is 3.83. The van der Waals surface area contributed by atoms with Crippen molar-refractivity contribution in [3.05, 3.63) is 42.5 Å². The molecule has 0 saturated carbocycles. The van der Waals surface area contributed by atoms with Crippen LogP contribution in [0.3, 0.4) is 0 Å². The summed E-state index contributed by atoms with van der Waals surface area (Å²) in [5, 5.41) is 22.0. The Kier molecular flexibility index (Phi) is 5.43.